The second-order valence-corrected chi connectivity index (χ2v) is 7.77. The topological polar surface area (TPSA) is 78.5 Å². The lowest BCUT2D eigenvalue weighted by atomic mass is 9.92. The van der Waals surface area contributed by atoms with Gasteiger partial charge in [-0.15, -0.1) is 0 Å². The van der Waals surface area contributed by atoms with E-state index < -0.39 is 11.7 Å². The van der Waals surface area contributed by atoms with E-state index in [1.165, 1.54) is 13.3 Å². The van der Waals surface area contributed by atoms with Crippen molar-refractivity contribution in [2.75, 3.05) is 38.2 Å². The molecule has 8 heteroatoms. The number of Topliss-reactive ketones (excluding diaryl/α,β-unsaturated/α-hetero) is 1. The summed E-state index contributed by atoms with van der Waals surface area (Å²) < 4.78 is 5.39. The molecule has 1 N–H and O–H groups in total. The Morgan fingerprint density at radius 2 is 1.84 bits per heavy atom. The molecule has 2 aromatic heterocycles. The van der Waals surface area contributed by atoms with Crippen LogP contribution in [0.15, 0.2) is 54.9 Å². The van der Waals surface area contributed by atoms with Crippen LogP contribution in [-0.4, -0.2) is 67.7 Å². The Labute approximate surface area is 186 Å². The van der Waals surface area contributed by atoms with Gasteiger partial charge in [0.2, 0.25) is 0 Å². The Morgan fingerprint density at radius 1 is 1.06 bits per heavy atom. The van der Waals surface area contributed by atoms with E-state index in [0.29, 0.717) is 48.3 Å². The smallest absolute Gasteiger partial charge is 0.295 e. The number of nitrogens with zero attached hydrogens (tertiary/aromatic N) is 3. The van der Waals surface area contributed by atoms with Crippen molar-refractivity contribution in [2.24, 2.45) is 0 Å². The van der Waals surface area contributed by atoms with Crippen molar-refractivity contribution < 1.29 is 14.3 Å². The van der Waals surface area contributed by atoms with Gasteiger partial charge < -0.3 is 19.5 Å². The molecule has 1 aliphatic rings. The Hall–Kier alpha value is -3.81. The van der Waals surface area contributed by atoms with Crippen molar-refractivity contribution in [1.82, 2.24) is 14.9 Å². The molecule has 0 spiro atoms. The van der Waals surface area contributed by atoms with Crippen LogP contribution in [0, 0.1) is 0 Å². The van der Waals surface area contributed by atoms with Crippen LogP contribution in [0.2, 0.25) is 0 Å². The molecule has 5 rings (SSSR count). The molecular weight excluding hydrogens is 403 g/mol. The van der Waals surface area contributed by atoms with Crippen molar-refractivity contribution in [3.05, 3.63) is 60.4 Å². The number of hydrogen-bond donors (Lipinski definition) is 1. The fraction of sp³-hybridized carbons (Fsp3) is 0.208. The van der Waals surface area contributed by atoms with E-state index in [2.05, 4.69) is 27.0 Å². The summed E-state index contributed by atoms with van der Waals surface area (Å²) in [6.45, 7) is 2.09. The third-order valence-corrected chi connectivity index (χ3v) is 6.01. The van der Waals surface area contributed by atoms with E-state index in [0.717, 1.165) is 16.6 Å². The van der Waals surface area contributed by atoms with E-state index >= 15 is 0 Å². The van der Waals surface area contributed by atoms with Crippen LogP contribution in [0.1, 0.15) is 10.4 Å². The first kappa shape index (κ1) is 20.1. The van der Waals surface area contributed by atoms with E-state index in [9.17, 15) is 9.59 Å². The van der Waals surface area contributed by atoms with E-state index in [-0.39, 0.29) is 5.56 Å². The molecule has 0 saturated carbocycles. The zero-order chi connectivity index (χ0) is 22.2. The van der Waals surface area contributed by atoms with Crippen molar-refractivity contribution in [3.63, 3.8) is 0 Å². The number of ketones is 1. The summed E-state index contributed by atoms with van der Waals surface area (Å²) in [7, 11) is 7.54. The maximum atomic E-state index is 13.1. The van der Waals surface area contributed by atoms with Crippen molar-refractivity contribution in [3.8, 4) is 5.75 Å². The SMILES string of the molecule is [B]c1ccc(OC)c2c(C(=O)C(=O)N3CCN(c4nccc5ccccc45)CC3)c[nH]c12. The number of carbonyl (C=O) groups is 2. The number of amides is 1. The van der Waals surface area contributed by atoms with Gasteiger partial charge in [-0.2, -0.15) is 0 Å². The summed E-state index contributed by atoms with van der Waals surface area (Å²) in [5.41, 5.74) is 1.35. The highest BCUT2D eigenvalue weighted by atomic mass is 16.5. The number of ether oxygens (including phenoxy) is 1. The van der Waals surface area contributed by atoms with Crippen molar-refractivity contribution in [1.29, 1.82) is 0 Å². The van der Waals surface area contributed by atoms with Crippen LogP contribution in [0.3, 0.4) is 0 Å². The Morgan fingerprint density at radius 3 is 2.62 bits per heavy atom. The van der Waals surface area contributed by atoms with Gasteiger partial charge in [-0.3, -0.25) is 9.59 Å². The Balaban J connectivity index is 1.35. The molecule has 4 aromatic rings. The molecule has 0 unspecified atom stereocenters. The van der Waals surface area contributed by atoms with Crippen molar-refractivity contribution in [2.45, 2.75) is 0 Å². The number of aromatic nitrogens is 2. The van der Waals surface area contributed by atoms with Gasteiger partial charge in [0.25, 0.3) is 11.7 Å². The largest absolute Gasteiger partial charge is 0.496 e. The first-order chi connectivity index (χ1) is 15.6. The molecule has 1 fully saturated rings. The molecule has 158 valence electrons. The summed E-state index contributed by atoms with van der Waals surface area (Å²) in [6.07, 6.45) is 3.33. The van der Waals surface area contributed by atoms with Gasteiger partial charge in [0.05, 0.1) is 18.1 Å². The number of aromatic amines is 1. The second-order valence-electron chi connectivity index (χ2n) is 7.77. The summed E-state index contributed by atoms with van der Waals surface area (Å²) in [6, 6.07) is 13.5. The normalized spacial score (nSPS) is 14.2. The number of fused-ring (bicyclic) bond motifs is 2. The van der Waals surface area contributed by atoms with Gasteiger partial charge >= 0.3 is 0 Å². The molecule has 3 heterocycles. The minimum atomic E-state index is -0.572. The molecule has 2 aromatic carbocycles. The van der Waals surface area contributed by atoms with E-state index in [1.54, 1.807) is 23.2 Å². The molecule has 2 radical (unpaired) electrons. The molecular formula is C24H21BN4O3. The standard InChI is InChI=1S/C24H21BN4O3/c1-32-19-7-6-18(25)21-20(19)17(14-27-21)22(30)24(31)29-12-10-28(11-13-29)23-16-5-3-2-4-15(16)8-9-26-23/h2-9,14,27H,10-13H2,1H3. The summed E-state index contributed by atoms with van der Waals surface area (Å²) >= 11 is 0. The van der Waals surface area contributed by atoms with Gasteiger partial charge in [-0.05, 0) is 17.5 Å². The third kappa shape index (κ3) is 3.28. The molecule has 0 atom stereocenters. The lowest BCUT2D eigenvalue weighted by molar-refractivity contribution is -0.126. The highest BCUT2D eigenvalue weighted by Crippen LogP contribution is 2.29. The predicted molar refractivity (Wildman–Crippen MR) is 125 cm³/mol. The van der Waals surface area contributed by atoms with Crippen LogP contribution < -0.4 is 15.1 Å². The number of methoxy groups -OCH3 is 1. The van der Waals surface area contributed by atoms with Gasteiger partial charge in [0.15, 0.2) is 0 Å². The highest BCUT2D eigenvalue weighted by molar-refractivity contribution is 6.46. The van der Waals surface area contributed by atoms with Gasteiger partial charge in [0, 0.05) is 49.5 Å². The number of benzene rings is 2. The predicted octanol–water partition coefficient (Wildman–Crippen LogP) is 2.05. The minimum absolute atomic E-state index is 0.271. The number of piperazine rings is 1. The van der Waals surface area contributed by atoms with E-state index in [4.69, 9.17) is 12.6 Å². The third-order valence-electron chi connectivity index (χ3n) is 6.01. The lowest BCUT2D eigenvalue weighted by Crippen LogP contribution is -2.50. The fourth-order valence-electron chi connectivity index (χ4n) is 4.32. The first-order valence-electron chi connectivity index (χ1n) is 10.4. The number of rotatable bonds is 4. The van der Waals surface area contributed by atoms with Crippen molar-refractivity contribution >= 4 is 52.5 Å². The second kappa shape index (κ2) is 8.03. The Kier molecular flexibility index (Phi) is 5.05. The minimum Gasteiger partial charge on any atom is -0.496 e. The van der Waals surface area contributed by atoms with Crippen LogP contribution >= 0.6 is 0 Å². The molecule has 32 heavy (non-hydrogen) atoms. The number of pyridine rings is 1. The number of nitrogens with one attached hydrogen (secondary N) is 1. The molecule has 1 amide bonds. The quantitative estimate of drug-likeness (QED) is 0.308. The number of H-pyrrole nitrogens is 1. The van der Waals surface area contributed by atoms with Crippen LogP contribution in [0.5, 0.6) is 5.75 Å². The molecule has 7 nitrogen and oxygen atoms in total. The van der Waals surface area contributed by atoms with Gasteiger partial charge in [0.1, 0.15) is 19.4 Å². The lowest BCUT2D eigenvalue weighted by Gasteiger charge is -2.35. The zero-order valence-electron chi connectivity index (χ0n) is 17.7. The van der Waals surface area contributed by atoms with Crippen LogP contribution in [0.25, 0.3) is 21.7 Å². The number of hydrogen-bond acceptors (Lipinski definition) is 5. The Bertz CT molecular complexity index is 1340. The van der Waals surface area contributed by atoms with Crippen LogP contribution in [0.4, 0.5) is 5.82 Å². The molecule has 0 bridgehead atoms. The fourth-order valence-corrected chi connectivity index (χ4v) is 4.32. The van der Waals surface area contributed by atoms with E-state index in [1.807, 2.05) is 18.2 Å². The zero-order valence-corrected chi connectivity index (χ0v) is 17.7. The average molecular weight is 424 g/mol. The van der Waals surface area contributed by atoms with Gasteiger partial charge in [-0.25, -0.2) is 4.98 Å². The highest BCUT2D eigenvalue weighted by Gasteiger charge is 2.30. The number of carbonyl (C=O) groups excluding carboxylic acids is 2. The monoisotopic (exact) mass is 424 g/mol. The van der Waals surface area contributed by atoms with Gasteiger partial charge in [-0.1, -0.05) is 35.8 Å². The molecule has 0 aliphatic carbocycles. The summed E-state index contributed by atoms with van der Waals surface area (Å²) in [4.78, 5) is 37.5. The first-order valence-corrected chi connectivity index (χ1v) is 10.4. The number of anilines is 1. The average Bonchev–Trinajstić information content (AvgIpc) is 3.29. The maximum absolute atomic E-state index is 13.1. The van der Waals surface area contributed by atoms with Crippen LogP contribution in [-0.2, 0) is 4.79 Å². The summed E-state index contributed by atoms with van der Waals surface area (Å²) in [5.74, 6) is 0.301. The molecule has 1 aliphatic heterocycles. The molecule has 1 saturated heterocycles. The summed E-state index contributed by atoms with van der Waals surface area (Å²) in [5, 5.41) is 2.73. The maximum Gasteiger partial charge on any atom is 0.295 e.